The van der Waals surface area contributed by atoms with Crippen LogP contribution in [0.4, 0.5) is 8.78 Å². The van der Waals surface area contributed by atoms with Gasteiger partial charge in [0, 0.05) is 5.57 Å². The van der Waals surface area contributed by atoms with Gasteiger partial charge in [0.1, 0.15) is 17.2 Å². The Bertz CT molecular complexity index is 946. The van der Waals surface area contributed by atoms with Crippen LogP contribution < -0.4 is 0 Å². The van der Waals surface area contributed by atoms with Crippen LogP contribution in [0.15, 0.2) is 48.5 Å². The molecule has 0 amide bonds. The van der Waals surface area contributed by atoms with Crippen LogP contribution in [0.1, 0.15) is 36.8 Å². The number of nitrogens with zero attached hydrogens (tertiary/aromatic N) is 4. The van der Waals surface area contributed by atoms with Crippen LogP contribution in [0.5, 0.6) is 0 Å². The van der Waals surface area contributed by atoms with Crippen LogP contribution in [0.3, 0.4) is 0 Å². The Labute approximate surface area is 153 Å². The van der Waals surface area contributed by atoms with Crippen LogP contribution in [-0.4, -0.2) is 31.3 Å². The Morgan fingerprint density at radius 2 is 1.44 bits per heavy atom. The predicted molar refractivity (Wildman–Crippen MR) is 94.6 cm³/mol. The van der Waals surface area contributed by atoms with E-state index in [4.69, 9.17) is 0 Å². The Hall–Kier alpha value is -3.42. The molecule has 138 valence electrons. The predicted octanol–water partition coefficient (Wildman–Crippen LogP) is 3.58. The molecule has 1 aromatic heterocycles. The normalized spacial score (nSPS) is 10.9. The Kier molecular flexibility index (Phi) is 5.07. The molecule has 0 radical (unpaired) electrons. The smallest absolute Gasteiger partial charge is 0.340 e. The summed E-state index contributed by atoms with van der Waals surface area (Å²) in [5.74, 6) is -2.11. The van der Waals surface area contributed by atoms with E-state index in [1.54, 1.807) is 0 Å². The molecule has 0 atom stereocenters. The molecule has 8 heteroatoms. The van der Waals surface area contributed by atoms with E-state index in [0.717, 1.165) is 0 Å². The third kappa shape index (κ3) is 3.74. The SMILES string of the molecule is CC(C)n1nnnc1C(C(=O)O)=C(c1ccc(F)cc1)c1ccc(F)cc1. The first-order valence-corrected chi connectivity index (χ1v) is 8.16. The topological polar surface area (TPSA) is 80.9 Å². The number of carboxylic acids is 1. The summed E-state index contributed by atoms with van der Waals surface area (Å²) in [5.41, 5.74) is 0.989. The quantitative estimate of drug-likeness (QED) is 0.695. The van der Waals surface area contributed by atoms with Crippen molar-refractivity contribution in [2.45, 2.75) is 19.9 Å². The van der Waals surface area contributed by atoms with E-state index in [1.165, 1.54) is 53.2 Å². The van der Waals surface area contributed by atoms with Crippen LogP contribution in [0, 0.1) is 11.6 Å². The fraction of sp³-hybridized carbons (Fsp3) is 0.158. The first kappa shape index (κ1) is 18.4. The summed E-state index contributed by atoms with van der Waals surface area (Å²) >= 11 is 0. The van der Waals surface area contributed by atoms with E-state index < -0.39 is 17.6 Å². The highest BCUT2D eigenvalue weighted by atomic mass is 19.1. The molecule has 2 aromatic carbocycles. The molecule has 0 fully saturated rings. The van der Waals surface area contributed by atoms with Gasteiger partial charge in [-0.25, -0.2) is 18.3 Å². The van der Waals surface area contributed by atoms with E-state index >= 15 is 0 Å². The van der Waals surface area contributed by atoms with E-state index in [9.17, 15) is 18.7 Å². The van der Waals surface area contributed by atoms with Crippen LogP contribution in [0.25, 0.3) is 11.1 Å². The number of carbonyl (C=O) groups is 1. The maximum Gasteiger partial charge on any atom is 0.340 e. The highest BCUT2D eigenvalue weighted by Crippen LogP contribution is 2.32. The zero-order valence-corrected chi connectivity index (χ0v) is 14.6. The molecular formula is C19H16F2N4O2. The fourth-order valence-corrected chi connectivity index (χ4v) is 2.71. The average Bonchev–Trinajstić information content (AvgIpc) is 3.10. The van der Waals surface area contributed by atoms with Gasteiger partial charge in [-0.15, -0.1) is 5.10 Å². The number of aromatic nitrogens is 4. The fourth-order valence-electron chi connectivity index (χ4n) is 2.71. The first-order valence-electron chi connectivity index (χ1n) is 8.16. The lowest BCUT2D eigenvalue weighted by molar-refractivity contribution is -0.130. The molecule has 0 aliphatic carbocycles. The second kappa shape index (κ2) is 7.45. The summed E-state index contributed by atoms with van der Waals surface area (Å²) in [6.45, 7) is 3.63. The minimum absolute atomic E-state index is 0.0566. The minimum Gasteiger partial charge on any atom is -0.478 e. The molecule has 3 aromatic rings. The Balaban J connectivity index is 2.36. The molecule has 0 aliphatic heterocycles. The van der Waals surface area contributed by atoms with Crippen molar-refractivity contribution >= 4 is 17.1 Å². The molecule has 1 N–H and O–H groups in total. The summed E-state index contributed by atoms with van der Waals surface area (Å²) in [5, 5.41) is 21.3. The molecule has 27 heavy (non-hydrogen) atoms. The number of hydrogen-bond acceptors (Lipinski definition) is 4. The molecule has 0 unspecified atom stereocenters. The molecule has 0 aliphatic rings. The molecule has 0 saturated carbocycles. The highest BCUT2D eigenvalue weighted by Gasteiger charge is 2.26. The average molecular weight is 370 g/mol. The summed E-state index contributed by atoms with van der Waals surface area (Å²) in [4.78, 5) is 12.2. The van der Waals surface area contributed by atoms with Gasteiger partial charge in [0.05, 0.1) is 6.04 Å². The van der Waals surface area contributed by atoms with E-state index in [1.807, 2.05) is 13.8 Å². The summed E-state index contributed by atoms with van der Waals surface area (Å²) < 4.78 is 28.2. The first-order chi connectivity index (χ1) is 12.9. The number of aliphatic carboxylic acids is 1. The van der Waals surface area contributed by atoms with Crippen molar-refractivity contribution in [3.63, 3.8) is 0 Å². The number of tetrazole rings is 1. The summed E-state index contributed by atoms with van der Waals surface area (Å²) in [7, 11) is 0. The number of benzene rings is 2. The molecule has 1 heterocycles. The van der Waals surface area contributed by atoms with E-state index in [2.05, 4.69) is 15.5 Å². The minimum atomic E-state index is -1.25. The lowest BCUT2D eigenvalue weighted by Crippen LogP contribution is -2.14. The van der Waals surface area contributed by atoms with Gasteiger partial charge in [0.15, 0.2) is 5.82 Å². The van der Waals surface area contributed by atoms with Crippen molar-refractivity contribution in [2.75, 3.05) is 0 Å². The van der Waals surface area contributed by atoms with Crippen LogP contribution in [0.2, 0.25) is 0 Å². The highest BCUT2D eigenvalue weighted by molar-refractivity contribution is 6.25. The zero-order chi connectivity index (χ0) is 19.6. The van der Waals surface area contributed by atoms with Gasteiger partial charge in [0.2, 0.25) is 0 Å². The van der Waals surface area contributed by atoms with Gasteiger partial charge in [-0.2, -0.15) is 0 Å². The van der Waals surface area contributed by atoms with E-state index in [0.29, 0.717) is 11.1 Å². The van der Waals surface area contributed by atoms with Crippen molar-refractivity contribution in [2.24, 2.45) is 0 Å². The largest absolute Gasteiger partial charge is 0.478 e. The van der Waals surface area contributed by atoms with Gasteiger partial charge in [0.25, 0.3) is 0 Å². The number of carboxylic acid groups (broad SMARTS) is 1. The molecule has 6 nitrogen and oxygen atoms in total. The van der Waals surface area contributed by atoms with Gasteiger partial charge in [-0.05, 0) is 59.7 Å². The van der Waals surface area contributed by atoms with E-state index in [-0.39, 0.29) is 23.0 Å². The number of halogens is 2. The van der Waals surface area contributed by atoms with Crippen molar-refractivity contribution in [3.8, 4) is 0 Å². The van der Waals surface area contributed by atoms with Crippen molar-refractivity contribution < 1.29 is 18.7 Å². The Morgan fingerprint density at radius 3 is 1.85 bits per heavy atom. The van der Waals surface area contributed by atoms with Crippen molar-refractivity contribution in [1.29, 1.82) is 0 Å². The standard InChI is InChI=1S/C19H16F2N4O2/c1-11(2)25-18(22-23-24-25)17(19(26)27)16(12-3-7-14(20)8-4-12)13-5-9-15(21)10-6-13/h3-11H,1-2H3,(H,26,27). The number of hydrogen-bond donors (Lipinski definition) is 1. The lowest BCUT2D eigenvalue weighted by Gasteiger charge is -2.15. The zero-order valence-electron chi connectivity index (χ0n) is 14.6. The molecule has 3 rings (SSSR count). The molecular weight excluding hydrogens is 354 g/mol. The second-order valence-corrected chi connectivity index (χ2v) is 6.11. The van der Waals surface area contributed by atoms with Crippen molar-refractivity contribution in [1.82, 2.24) is 20.2 Å². The third-order valence-corrected chi connectivity index (χ3v) is 3.94. The second-order valence-electron chi connectivity index (χ2n) is 6.11. The third-order valence-electron chi connectivity index (χ3n) is 3.94. The van der Waals surface area contributed by atoms with Gasteiger partial charge < -0.3 is 5.11 Å². The van der Waals surface area contributed by atoms with Gasteiger partial charge in [-0.1, -0.05) is 24.3 Å². The monoisotopic (exact) mass is 370 g/mol. The lowest BCUT2D eigenvalue weighted by atomic mass is 9.92. The van der Waals surface area contributed by atoms with Crippen LogP contribution >= 0.6 is 0 Å². The Morgan fingerprint density at radius 1 is 0.963 bits per heavy atom. The maximum absolute atomic E-state index is 13.4. The van der Waals surface area contributed by atoms with Crippen molar-refractivity contribution in [3.05, 3.63) is 77.1 Å². The summed E-state index contributed by atoms with van der Waals surface area (Å²) in [6.07, 6.45) is 0. The molecule has 0 bridgehead atoms. The van der Waals surface area contributed by atoms with Gasteiger partial charge in [-0.3, -0.25) is 0 Å². The molecule has 0 spiro atoms. The molecule has 0 saturated heterocycles. The maximum atomic E-state index is 13.4. The number of rotatable bonds is 5. The summed E-state index contributed by atoms with van der Waals surface area (Å²) in [6, 6.07) is 10.6. The van der Waals surface area contributed by atoms with Gasteiger partial charge >= 0.3 is 5.97 Å². The van der Waals surface area contributed by atoms with Crippen LogP contribution in [-0.2, 0) is 4.79 Å².